The van der Waals surface area contributed by atoms with E-state index in [4.69, 9.17) is 5.26 Å². The summed E-state index contributed by atoms with van der Waals surface area (Å²) >= 11 is 1.17. The van der Waals surface area contributed by atoms with Gasteiger partial charge in [-0.3, -0.25) is 0 Å². The molecule has 0 aliphatic carbocycles. The molecule has 0 N–H and O–H groups in total. The van der Waals surface area contributed by atoms with E-state index in [1.54, 1.807) is 6.92 Å². The SMILES string of the molecule is CC(CC#N)Sc1cc(F)ccc1F. The number of halogens is 2. The first-order valence-electron chi connectivity index (χ1n) is 4.12. The van der Waals surface area contributed by atoms with Crippen LogP contribution in [-0.4, -0.2) is 5.25 Å². The Balaban J connectivity index is 2.76. The molecule has 1 rings (SSSR count). The molecule has 0 fully saturated rings. The van der Waals surface area contributed by atoms with Gasteiger partial charge in [0.2, 0.25) is 0 Å². The summed E-state index contributed by atoms with van der Waals surface area (Å²) in [6, 6.07) is 5.30. The molecule has 0 saturated carbocycles. The van der Waals surface area contributed by atoms with Gasteiger partial charge in [0.15, 0.2) is 0 Å². The highest BCUT2D eigenvalue weighted by Crippen LogP contribution is 2.27. The fourth-order valence-electron chi connectivity index (χ4n) is 0.954. The summed E-state index contributed by atoms with van der Waals surface area (Å²) in [5.74, 6) is -0.903. The van der Waals surface area contributed by atoms with E-state index < -0.39 is 11.6 Å². The standard InChI is InChI=1S/C10H9F2NS/c1-7(4-5-13)14-10-6-8(11)2-3-9(10)12/h2-3,6-7H,4H2,1H3. The van der Waals surface area contributed by atoms with Crippen molar-refractivity contribution >= 4 is 11.8 Å². The Labute approximate surface area is 85.7 Å². The topological polar surface area (TPSA) is 23.8 Å². The Morgan fingerprint density at radius 3 is 2.86 bits per heavy atom. The predicted octanol–water partition coefficient (Wildman–Crippen LogP) is 3.36. The van der Waals surface area contributed by atoms with Gasteiger partial charge in [-0.15, -0.1) is 11.8 Å². The van der Waals surface area contributed by atoms with Crippen LogP contribution >= 0.6 is 11.8 Å². The number of hydrogen-bond acceptors (Lipinski definition) is 2. The van der Waals surface area contributed by atoms with E-state index in [1.165, 1.54) is 11.8 Å². The third-order valence-electron chi connectivity index (χ3n) is 1.60. The molecule has 0 spiro atoms. The van der Waals surface area contributed by atoms with Crippen LogP contribution < -0.4 is 0 Å². The minimum Gasteiger partial charge on any atom is -0.207 e. The molecule has 1 aromatic carbocycles. The second kappa shape index (κ2) is 4.97. The van der Waals surface area contributed by atoms with Gasteiger partial charge in [-0.2, -0.15) is 5.26 Å². The molecule has 0 saturated heterocycles. The highest BCUT2D eigenvalue weighted by Gasteiger charge is 2.09. The summed E-state index contributed by atoms with van der Waals surface area (Å²) in [6.07, 6.45) is 0.320. The second-order valence-corrected chi connectivity index (χ2v) is 4.35. The zero-order valence-corrected chi connectivity index (χ0v) is 8.44. The largest absolute Gasteiger partial charge is 0.207 e. The van der Waals surface area contributed by atoms with Gasteiger partial charge in [0.05, 0.1) is 6.07 Å². The average Bonchev–Trinajstić information content (AvgIpc) is 2.12. The molecule has 4 heteroatoms. The van der Waals surface area contributed by atoms with E-state index in [9.17, 15) is 8.78 Å². The van der Waals surface area contributed by atoms with Gasteiger partial charge in [-0.05, 0) is 18.2 Å². The van der Waals surface area contributed by atoms with Crippen molar-refractivity contribution in [3.8, 4) is 6.07 Å². The van der Waals surface area contributed by atoms with Crippen molar-refractivity contribution < 1.29 is 8.78 Å². The number of nitrogens with zero attached hydrogens (tertiary/aromatic N) is 1. The zero-order valence-electron chi connectivity index (χ0n) is 7.63. The number of hydrogen-bond donors (Lipinski definition) is 0. The lowest BCUT2D eigenvalue weighted by atomic mass is 10.3. The van der Waals surface area contributed by atoms with Crippen LogP contribution in [0.4, 0.5) is 8.78 Å². The molecule has 0 heterocycles. The van der Waals surface area contributed by atoms with E-state index in [2.05, 4.69) is 0 Å². The minimum atomic E-state index is -0.460. The van der Waals surface area contributed by atoms with Crippen LogP contribution in [0, 0.1) is 23.0 Å². The Morgan fingerprint density at radius 1 is 1.50 bits per heavy atom. The fraction of sp³-hybridized carbons (Fsp3) is 0.300. The normalized spacial score (nSPS) is 12.1. The van der Waals surface area contributed by atoms with Gasteiger partial charge in [0, 0.05) is 16.6 Å². The van der Waals surface area contributed by atoms with Crippen LogP contribution in [0.25, 0.3) is 0 Å². The van der Waals surface area contributed by atoms with Crippen molar-refractivity contribution in [2.75, 3.05) is 0 Å². The highest BCUT2D eigenvalue weighted by atomic mass is 32.2. The summed E-state index contributed by atoms with van der Waals surface area (Å²) in [4.78, 5) is 0.257. The Kier molecular flexibility index (Phi) is 3.90. The third-order valence-corrected chi connectivity index (χ3v) is 2.74. The molecule has 0 aliphatic heterocycles. The Morgan fingerprint density at radius 2 is 2.21 bits per heavy atom. The molecule has 0 radical (unpaired) electrons. The maximum atomic E-state index is 13.1. The van der Waals surface area contributed by atoms with Crippen LogP contribution in [0.3, 0.4) is 0 Å². The van der Waals surface area contributed by atoms with Crippen LogP contribution in [0.2, 0.25) is 0 Å². The Bertz CT molecular complexity index is 360. The van der Waals surface area contributed by atoms with Crippen LogP contribution in [-0.2, 0) is 0 Å². The first-order valence-corrected chi connectivity index (χ1v) is 5.00. The van der Waals surface area contributed by atoms with Gasteiger partial charge in [-0.25, -0.2) is 8.78 Å². The first-order chi connectivity index (χ1) is 6.63. The molecule has 74 valence electrons. The van der Waals surface area contributed by atoms with Crippen molar-refractivity contribution in [3.05, 3.63) is 29.8 Å². The predicted molar refractivity (Wildman–Crippen MR) is 51.9 cm³/mol. The van der Waals surface area contributed by atoms with E-state index in [1.807, 2.05) is 6.07 Å². The van der Waals surface area contributed by atoms with Crippen LogP contribution in [0.15, 0.2) is 23.1 Å². The van der Waals surface area contributed by atoms with E-state index >= 15 is 0 Å². The summed E-state index contributed by atoms with van der Waals surface area (Å²) < 4.78 is 25.8. The first kappa shape index (κ1) is 11.0. The van der Waals surface area contributed by atoms with Gasteiger partial charge in [0.25, 0.3) is 0 Å². The van der Waals surface area contributed by atoms with E-state index in [-0.39, 0.29) is 10.1 Å². The number of nitriles is 1. The van der Waals surface area contributed by atoms with Crippen molar-refractivity contribution in [1.82, 2.24) is 0 Å². The molecule has 1 nitrogen and oxygen atoms in total. The zero-order chi connectivity index (χ0) is 10.6. The fourth-order valence-corrected chi connectivity index (χ4v) is 1.91. The molecule has 0 aliphatic rings. The maximum absolute atomic E-state index is 13.1. The summed E-state index contributed by atoms with van der Waals surface area (Å²) in [6.45, 7) is 1.80. The molecule has 0 bridgehead atoms. The molecular weight excluding hydrogens is 204 g/mol. The summed E-state index contributed by atoms with van der Waals surface area (Å²) in [5, 5.41) is 8.38. The smallest absolute Gasteiger partial charge is 0.136 e. The average molecular weight is 213 g/mol. The number of rotatable bonds is 3. The van der Waals surface area contributed by atoms with E-state index in [0.29, 0.717) is 6.42 Å². The molecule has 0 aromatic heterocycles. The van der Waals surface area contributed by atoms with Gasteiger partial charge >= 0.3 is 0 Å². The molecular formula is C10H9F2NS. The van der Waals surface area contributed by atoms with Crippen LogP contribution in [0.5, 0.6) is 0 Å². The van der Waals surface area contributed by atoms with Crippen molar-refractivity contribution in [2.24, 2.45) is 0 Å². The molecule has 1 unspecified atom stereocenters. The van der Waals surface area contributed by atoms with Gasteiger partial charge < -0.3 is 0 Å². The maximum Gasteiger partial charge on any atom is 0.136 e. The highest BCUT2D eigenvalue weighted by molar-refractivity contribution is 8.00. The number of thioether (sulfide) groups is 1. The summed E-state index contributed by atoms with van der Waals surface area (Å²) in [5.41, 5.74) is 0. The summed E-state index contributed by atoms with van der Waals surface area (Å²) in [7, 11) is 0. The van der Waals surface area contributed by atoms with Crippen molar-refractivity contribution in [2.45, 2.75) is 23.5 Å². The minimum absolute atomic E-state index is 0.0312. The second-order valence-electron chi connectivity index (χ2n) is 2.87. The molecule has 0 amide bonds. The van der Waals surface area contributed by atoms with Crippen molar-refractivity contribution in [1.29, 1.82) is 5.26 Å². The lowest BCUT2D eigenvalue weighted by molar-refractivity contribution is 0.577. The lowest BCUT2D eigenvalue weighted by Crippen LogP contribution is -1.95. The monoisotopic (exact) mass is 213 g/mol. The number of benzene rings is 1. The Hall–Kier alpha value is -1.08. The van der Waals surface area contributed by atoms with E-state index in [0.717, 1.165) is 18.2 Å². The van der Waals surface area contributed by atoms with Crippen molar-refractivity contribution in [3.63, 3.8) is 0 Å². The lowest BCUT2D eigenvalue weighted by Gasteiger charge is -2.07. The van der Waals surface area contributed by atoms with Crippen LogP contribution in [0.1, 0.15) is 13.3 Å². The molecule has 1 atom stereocenters. The van der Waals surface area contributed by atoms with Gasteiger partial charge in [0.1, 0.15) is 11.6 Å². The van der Waals surface area contributed by atoms with Gasteiger partial charge in [-0.1, -0.05) is 6.92 Å². The third kappa shape index (κ3) is 3.00. The molecule has 14 heavy (non-hydrogen) atoms. The molecule has 1 aromatic rings. The quantitative estimate of drug-likeness (QED) is 0.719.